The first-order chi connectivity index (χ1) is 8.72. The summed E-state index contributed by atoms with van der Waals surface area (Å²) in [6.45, 7) is 2.66. The van der Waals surface area contributed by atoms with Crippen molar-refractivity contribution in [3.8, 4) is 0 Å². The molecule has 0 bridgehead atoms. The van der Waals surface area contributed by atoms with E-state index in [1.54, 1.807) is 11.3 Å². The van der Waals surface area contributed by atoms with Crippen LogP contribution in [-0.4, -0.2) is 42.1 Å². The molecule has 5 nitrogen and oxygen atoms in total. The summed E-state index contributed by atoms with van der Waals surface area (Å²) >= 11 is 1.59. The zero-order chi connectivity index (χ0) is 12.5. The standard InChI is InChI=1S/C12H17N3O2S/c1-15-5-4-8-10(7-15)18-12(13-8)14-11(16)9-3-2-6-17-9/h9H,2-7H2,1H3,(H,13,14,16). The molecular weight excluding hydrogens is 250 g/mol. The average molecular weight is 267 g/mol. The average Bonchev–Trinajstić information content (AvgIpc) is 2.95. The van der Waals surface area contributed by atoms with Crippen molar-refractivity contribution in [2.24, 2.45) is 0 Å². The molecule has 0 aliphatic carbocycles. The third-order valence-electron chi connectivity index (χ3n) is 3.37. The van der Waals surface area contributed by atoms with Gasteiger partial charge in [-0.1, -0.05) is 0 Å². The summed E-state index contributed by atoms with van der Waals surface area (Å²) < 4.78 is 5.36. The van der Waals surface area contributed by atoms with Crippen LogP contribution in [0.1, 0.15) is 23.4 Å². The van der Waals surface area contributed by atoms with Crippen molar-refractivity contribution in [1.82, 2.24) is 9.88 Å². The largest absolute Gasteiger partial charge is 0.368 e. The van der Waals surface area contributed by atoms with E-state index >= 15 is 0 Å². The molecule has 3 heterocycles. The smallest absolute Gasteiger partial charge is 0.255 e. The number of anilines is 1. The zero-order valence-corrected chi connectivity index (χ0v) is 11.3. The maximum absolute atomic E-state index is 11.9. The van der Waals surface area contributed by atoms with E-state index in [-0.39, 0.29) is 12.0 Å². The molecular formula is C12H17N3O2S. The zero-order valence-electron chi connectivity index (χ0n) is 10.4. The van der Waals surface area contributed by atoms with Crippen molar-refractivity contribution in [2.45, 2.75) is 31.9 Å². The summed E-state index contributed by atoms with van der Waals surface area (Å²) in [7, 11) is 2.10. The van der Waals surface area contributed by atoms with Gasteiger partial charge in [-0.05, 0) is 19.9 Å². The first-order valence-electron chi connectivity index (χ1n) is 6.32. The van der Waals surface area contributed by atoms with Gasteiger partial charge in [-0.2, -0.15) is 0 Å². The van der Waals surface area contributed by atoms with E-state index in [0.717, 1.165) is 43.2 Å². The van der Waals surface area contributed by atoms with Crippen LogP contribution in [0.25, 0.3) is 0 Å². The number of nitrogens with zero attached hydrogens (tertiary/aromatic N) is 2. The Kier molecular flexibility index (Phi) is 3.32. The van der Waals surface area contributed by atoms with E-state index in [2.05, 4.69) is 22.2 Å². The van der Waals surface area contributed by atoms with Crippen LogP contribution < -0.4 is 5.32 Å². The number of hydrogen-bond donors (Lipinski definition) is 1. The lowest BCUT2D eigenvalue weighted by molar-refractivity contribution is -0.124. The molecule has 0 spiro atoms. The normalized spacial score (nSPS) is 23.9. The molecule has 6 heteroatoms. The number of likely N-dealkylation sites (N-methyl/N-ethyl adjacent to an activating group) is 1. The summed E-state index contributed by atoms with van der Waals surface area (Å²) in [5, 5.41) is 3.60. The fourth-order valence-electron chi connectivity index (χ4n) is 2.35. The highest BCUT2D eigenvalue weighted by Gasteiger charge is 2.25. The van der Waals surface area contributed by atoms with E-state index in [9.17, 15) is 4.79 Å². The summed E-state index contributed by atoms with van der Waals surface area (Å²) in [4.78, 5) is 20.0. The van der Waals surface area contributed by atoms with Gasteiger partial charge in [0, 0.05) is 31.0 Å². The van der Waals surface area contributed by atoms with Crippen LogP contribution >= 0.6 is 11.3 Å². The molecule has 98 valence electrons. The number of nitrogens with one attached hydrogen (secondary N) is 1. The van der Waals surface area contributed by atoms with E-state index in [1.807, 2.05) is 0 Å². The van der Waals surface area contributed by atoms with Crippen molar-refractivity contribution in [1.29, 1.82) is 0 Å². The number of rotatable bonds is 2. The predicted molar refractivity (Wildman–Crippen MR) is 69.8 cm³/mol. The molecule has 0 aromatic carbocycles. The number of amides is 1. The lowest BCUT2D eigenvalue weighted by Crippen LogP contribution is -2.26. The van der Waals surface area contributed by atoms with Gasteiger partial charge in [0.15, 0.2) is 5.13 Å². The molecule has 1 aromatic heterocycles. The lowest BCUT2D eigenvalue weighted by Gasteiger charge is -2.20. The summed E-state index contributed by atoms with van der Waals surface area (Å²) in [5.74, 6) is -0.0491. The van der Waals surface area contributed by atoms with Crippen LogP contribution in [-0.2, 0) is 22.5 Å². The molecule has 0 radical (unpaired) electrons. The number of carbonyl (C=O) groups excluding carboxylic acids is 1. The number of fused-ring (bicyclic) bond motifs is 1. The van der Waals surface area contributed by atoms with Gasteiger partial charge in [0.1, 0.15) is 6.10 Å². The second-order valence-corrected chi connectivity index (χ2v) is 5.95. The highest BCUT2D eigenvalue weighted by molar-refractivity contribution is 7.15. The molecule has 2 aliphatic heterocycles. The van der Waals surface area contributed by atoms with Crippen molar-refractivity contribution in [3.05, 3.63) is 10.6 Å². The van der Waals surface area contributed by atoms with Crippen molar-refractivity contribution in [2.75, 3.05) is 25.5 Å². The summed E-state index contributed by atoms with van der Waals surface area (Å²) in [6.07, 6.45) is 2.48. The van der Waals surface area contributed by atoms with Crippen molar-refractivity contribution < 1.29 is 9.53 Å². The van der Waals surface area contributed by atoms with Crippen molar-refractivity contribution >= 4 is 22.4 Å². The SMILES string of the molecule is CN1CCc2nc(NC(=O)C3CCCO3)sc2C1. The molecule has 1 fully saturated rings. The predicted octanol–water partition coefficient (Wildman–Crippen LogP) is 1.25. The first kappa shape index (κ1) is 12.1. The molecule has 0 saturated carbocycles. The van der Waals surface area contributed by atoms with Gasteiger partial charge in [-0.15, -0.1) is 11.3 Å². The minimum Gasteiger partial charge on any atom is -0.368 e. The van der Waals surface area contributed by atoms with Crippen LogP contribution in [0.2, 0.25) is 0 Å². The van der Waals surface area contributed by atoms with Gasteiger partial charge >= 0.3 is 0 Å². The second-order valence-electron chi connectivity index (χ2n) is 4.87. The van der Waals surface area contributed by atoms with Crippen LogP contribution in [0.5, 0.6) is 0 Å². The van der Waals surface area contributed by atoms with E-state index in [0.29, 0.717) is 6.61 Å². The minimum absolute atomic E-state index is 0.0491. The fourth-order valence-corrected chi connectivity index (χ4v) is 3.44. The third kappa shape index (κ3) is 2.41. The Balaban J connectivity index is 1.68. The van der Waals surface area contributed by atoms with Gasteiger partial charge in [0.25, 0.3) is 5.91 Å². The highest BCUT2D eigenvalue weighted by atomic mass is 32.1. The molecule has 18 heavy (non-hydrogen) atoms. The lowest BCUT2D eigenvalue weighted by atomic mass is 10.2. The number of thiazole rings is 1. The second kappa shape index (κ2) is 4.95. The van der Waals surface area contributed by atoms with Gasteiger partial charge < -0.3 is 9.64 Å². The summed E-state index contributed by atoms with van der Waals surface area (Å²) in [5.41, 5.74) is 1.14. The Bertz CT molecular complexity index is 454. The molecule has 1 saturated heterocycles. The number of carbonyl (C=O) groups is 1. The highest BCUT2D eigenvalue weighted by Crippen LogP contribution is 2.28. The quantitative estimate of drug-likeness (QED) is 0.876. The summed E-state index contributed by atoms with van der Waals surface area (Å²) in [6, 6.07) is 0. The molecule has 3 rings (SSSR count). The van der Waals surface area contributed by atoms with Gasteiger partial charge in [0.2, 0.25) is 0 Å². The Morgan fingerprint density at radius 1 is 1.61 bits per heavy atom. The maximum atomic E-state index is 11.9. The van der Waals surface area contributed by atoms with Crippen LogP contribution in [0, 0.1) is 0 Å². The topological polar surface area (TPSA) is 54.5 Å². The molecule has 2 aliphatic rings. The number of aromatic nitrogens is 1. The van der Waals surface area contributed by atoms with E-state index < -0.39 is 0 Å². The Morgan fingerprint density at radius 2 is 2.50 bits per heavy atom. The first-order valence-corrected chi connectivity index (χ1v) is 7.13. The Labute approximate surface area is 110 Å². The molecule has 1 aromatic rings. The molecule has 1 unspecified atom stereocenters. The molecule has 1 amide bonds. The van der Waals surface area contributed by atoms with Gasteiger partial charge in [0.05, 0.1) is 5.69 Å². The third-order valence-corrected chi connectivity index (χ3v) is 4.37. The molecule has 1 atom stereocenters. The molecule has 1 N–H and O–H groups in total. The Morgan fingerprint density at radius 3 is 3.28 bits per heavy atom. The fraction of sp³-hybridized carbons (Fsp3) is 0.667. The maximum Gasteiger partial charge on any atom is 0.255 e. The van der Waals surface area contributed by atoms with Crippen LogP contribution in [0.15, 0.2) is 0 Å². The van der Waals surface area contributed by atoms with Gasteiger partial charge in [-0.3, -0.25) is 10.1 Å². The van der Waals surface area contributed by atoms with Gasteiger partial charge in [-0.25, -0.2) is 4.98 Å². The van der Waals surface area contributed by atoms with Crippen molar-refractivity contribution in [3.63, 3.8) is 0 Å². The number of ether oxygens (including phenoxy) is 1. The van der Waals surface area contributed by atoms with E-state index in [4.69, 9.17) is 4.74 Å². The van der Waals surface area contributed by atoms with Crippen LogP contribution in [0.3, 0.4) is 0 Å². The van der Waals surface area contributed by atoms with Crippen LogP contribution in [0.4, 0.5) is 5.13 Å². The monoisotopic (exact) mass is 267 g/mol. The number of hydrogen-bond acceptors (Lipinski definition) is 5. The van der Waals surface area contributed by atoms with E-state index in [1.165, 1.54) is 4.88 Å². The minimum atomic E-state index is -0.284. The Hall–Kier alpha value is -0.980.